The summed E-state index contributed by atoms with van der Waals surface area (Å²) in [5.74, 6) is -0.754. The van der Waals surface area contributed by atoms with E-state index in [4.69, 9.17) is 26.9 Å². The number of sulfonamides is 1. The summed E-state index contributed by atoms with van der Waals surface area (Å²) in [6.07, 6.45) is 2.06. The minimum Gasteiger partial charge on any atom is -0.490 e. The number of carbonyl (C=O) groups is 1. The Morgan fingerprint density at radius 3 is 2.60 bits per heavy atom. The molecule has 1 aromatic heterocycles. The summed E-state index contributed by atoms with van der Waals surface area (Å²) >= 11 is 5.89. The van der Waals surface area contributed by atoms with E-state index >= 15 is 0 Å². The lowest BCUT2D eigenvalue weighted by molar-refractivity contribution is -0.0499. The van der Waals surface area contributed by atoms with Crippen molar-refractivity contribution in [1.82, 2.24) is 14.6 Å². The molecule has 1 N–H and O–H groups in total. The number of hydrogen-bond acceptors (Lipinski definition) is 7. The maximum Gasteiger partial charge on any atom is 0.511 e. The number of amides is 1. The molecule has 0 aromatic carbocycles. The zero-order chi connectivity index (χ0) is 22.7. The summed E-state index contributed by atoms with van der Waals surface area (Å²) in [6, 6.07) is 3.14. The van der Waals surface area contributed by atoms with Gasteiger partial charge < -0.3 is 10.1 Å². The van der Waals surface area contributed by atoms with Crippen molar-refractivity contribution in [3.63, 3.8) is 0 Å². The molecule has 2 rings (SSSR count). The van der Waals surface area contributed by atoms with Crippen molar-refractivity contribution in [2.45, 2.75) is 36.9 Å². The number of nitrogens with zero attached hydrogens (tertiary/aromatic N) is 4. The van der Waals surface area contributed by atoms with Gasteiger partial charge in [0.05, 0.1) is 29.9 Å². The molecule has 0 bridgehead atoms. The van der Waals surface area contributed by atoms with Gasteiger partial charge in [-0.3, -0.25) is 4.79 Å². The lowest BCUT2D eigenvalue weighted by Crippen LogP contribution is -2.47. The van der Waals surface area contributed by atoms with Crippen molar-refractivity contribution >= 4 is 27.5 Å². The van der Waals surface area contributed by atoms with Crippen LogP contribution in [0.1, 0.15) is 30.1 Å². The van der Waals surface area contributed by atoms with Crippen LogP contribution in [0.2, 0.25) is 5.15 Å². The van der Waals surface area contributed by atoms with Gasteiger partial charge in [0.2, 0.25) is 0 Å². The van der Waals surface area contributed by atoms with Crippen LogP contribution in [0.3, 0.4) is 0 Å². The molecule has 1 aliphatic carbocycles. The number of halogens is 4. The number of rotatable bonds is 8. The highest BCUT2D eigenvalue weighted by Gasteiger charge is 2.51. The normalized spacial score (nSPS) is 16.3. The minimum atomic E-state index is -5.75. The Hall–Kier alpha value is -2.61. The second kappa shape index (κ2) is 8.63. The van der Waals surface area contributed by atoms with Gasteiger partial charge in [-0.2, -0.15) is 28.0 Å². The van der Waals surface area contributed by atoms with Gasteiger partial charge in [0.15, 0.2) is 0 Å². The molecule has 1 amide bonds. The van der Waals surface area contributed by atoms with Crippen molar-refractivity contribution in [2.75, 3.05) is 13.2 Å². The molecule has 162 valence electrons. The van der Waals surface area contributed by atoms with E-state index in [0.717, 1.165) is 19.2 Å². The Labute approximate surface area is 175 Å². The van der Waals surface area contributed by atoms with Crippen molar-refractivity contribution in [3.8, 4) is 17.9 Å². The van der Waals surface area contributed by atoms with Gasteiger partial charge >= 0.3 is 15.5 Å². The molecular weight excluding hydrogens is 451 g/mol. The lowest BCUT2D eigenvalue weighted by Gasteiger charge is -2.26. The van der Waals surface area contributed by atoms with E-state index < -0.39 is 46.2 Å². The molecule has 1 atom stereocenters. The Morgan fingerprint density at radius 1 is 1.47 bits per heavy atom. The Kier molecular flexibility index (Phi) is 6.81. The topological polar surface area (TPSA) is 136 Å². The van der Waals surface area contributed by atoms with E-state index in [2.05, 4.69) is 10.3 Å². The molecule has 30 heavy (non-hydrogen) atoms. The quantitative estimate of drug-likeness (QED) is 0.457. The van der Waals surface area contributed by atoms with Gasteiger partial charge in [0, 0.05) is 0 Å². The van der Waals surface area contributed by atoms with Crippen molar-refractivity contribution in [1.29, 1.82) is 10.5 Å². The van der Waals surface area contributed by atoms with E-state index in [1.54, 1.807) is 0 Å². The molecule has 1 fully saturated rings. The average Bonchev–Trinajstić information content (AvgIpc) is 3.43. The fraction of sp³-hybridized carbons (Fsp3) is 0.500. The van der Waals surface area contributed by atoms with Crippen LogP contribution < -0.4 is 10.1 Å². The van der Waals surface area contributed by atoms with Crippen LogP contribution in [0.25, 0.3) is 0 Å². The molecule has 0 radical (unpaired) electrons. The van der Waals surface area contributed by atoms with Gasteiger partial charge in [-0.25, -0.2) is 13.4 Å². The second-order valence-corrected chi connectivity index (χ2v) is 8.71. The molecule has 1 unspecified atom stereocenters. The highest BCUT2D eigenvalue weighted by molar-refractivity contribution is 7.90. The Bertz CT molecular complexity index is 1020. The highest BCUT2D eigenvalue weighted by Crippen LogP contribution is 2.35. The number of ether oxygens (including phenoxy) is 1. The van der Waals surface area contributed by atoms with Crippen molar-refractivity contribution in [2.24, 2.45) is 0 Å². The fourth-order valence-corrected chi connectivity index (χ4v) is 3.54. The number of carbonyl (C=O) groups excluding carboxylic acids is 1. The number of nitrogens with one attached hydrogen (secondary N) is 1. The van der Waals surface area contributed by atoms with Crippen LogP contribution in [0.15, 0.2) is 12.3 Å². The largest absolute Gasteiger partial charge is 0.511 e. The molecule has 1 heterocycles. The molecule has 1 aromatic rings. The number of aromatic nitrogens is 1. The maximum absolute atomic E-state index is 12.8. The van der Waals surface area contributed by atoms with Gasteiger partial charge in [-0.15, -0.1) is 0 Å². The van der Waals surface area contributed by atoms with E-state index in [0.29, 0.717) is 12.8 Å². The molecule has 1 saturated carbocycles. The zero-order valence-corrected chi connectivity index (χ0v) is 17.0. The van der Waals surface area contributed by atoms with Crippen LogP contribution in [0.4, 0.5) is 13.2 Å². The first-order valence-electron chi connectivity index (χ1n) is 8.34. The van der Waals surface area contributed by atoms with Crippen LogP contribution in [0.5, 0.6) is 5.75 Å². The summed E-state index contributed by atoms with van der Waals surface area (Å²) in [4.78, 5) is 16.1. The third-order valence-corrected chi connectivity index (χ3v) is 6.18. The maximum atomic E-state index is 12.8. The highest BCUT2D eigenvalue weighted by atomic mass is 35.5. The summed E-state index contributed by atoms with van der Waals surface area (Å²) in [5.41, 5.74) is -6.67. The lowest BCUT2D eigenvalue weighted by atomic mass is 10.2. The minimum absolute atomic E-state index is 0.0340. The standard InChI is InChI=1S/C16H15ClF3N5O4S/c1-10(25(5-4-21)30(27,28)16(18,19)20)8-29-11-6-12(13(17)23-7-11)14(26)24-15(9-22)2-3-15/h6-7,10H,2-3,5,8H2,1H3,(H,24,26). The second-order valence-electron chi connectivity index (χ2n) is 6.47. The van der Waals surface area contributed by atoms with Crippen LogP contribution in [0, 0.1) is 22.7 Å². The average molecular weight is 466 g/mol. The number of hydrogen-bond donors (Lipinski definition) is 1. The first kappa shape index (κ1) is 23.7. The predicted molar refractivity (Wildman–Crippen MR) is 96.5 cm³/mol. The van der Waals surface area contributed by atoms with Crippen LogP contribution >= 0.6 is 11.6 Å². The SMILES string of the molecule is CC(COc1cnc(Cl)c(C(=O)NC2(C#N)CC2)c1)N(CC#N)S(=O)(=O)C(F)(F)F. The third-order valence-electron chi connectivity index (χ3n) is 4.19. The fourth-order valence-electron chi connectivity index (χ4n) is 2.32. The van der Waals surface area contributed by atoms with Crippen LogP contribution in [-0.2, 0) is 10.0 Å². The van der Waals surface area contributed by atoms with E-state index in [-0.39, 0.29) is 20.8 Å². The summed E-state index contributed by atoms with van der Waals surface area (Å²) < 4.78 is 67.0. The summed E-state index contributed by atoms with van der Waals surface area (Å²) in [6.45, 7) is -0.472. The van der Waals surface area contributed by atoms with E-state index in [1.807, 2.05) is 6.07 Å². The molecule has 0 saturated heterocycles. The smallest absolute Gasteiger partial charge is 0.490 e. The van der Waals surface area contributed by atoms with Gasteiger partial charge in [0.1, 0.15) is 29.6 Å². The molecular formula is C16H15ClF3N5O4S. The predicted octanol–water partition coefficient (Wildman–Crippen LogP) is 1.96. The molecule has 9 nitrogen and oxygen atoms in total. The molecule has 0 aliphatic heterocycles. The van der Waals surface area contributed by atoms with Crippen LogP contribution in [-0.4, -0.2) is 53.9 Å². The number of nitriles is 2. The first-order chi connectivity index (χ1) is 13.9. The zero-order valence-electron chi connectivity index (χ0n) is 15.4. The van der Waals surface area contributed by atoms with Gasteiger partial charge in [-0.1, -0.05) is 11.6 Å². The number of pyridine rings is 1. The molecule has 14 heteroatoms. The summed E-state index contributed by atoms with van der Waals surface area (Å²) in [7, 11) is -5.75. The Balaban J connectivity index is 2.14. The number of alkyl halides is 3. The van der Waals surface area contributed by atoms with Crippen molar-refractivity contribution < 1.29 is 31.1 Å². The third kappa shape index (κ3) is 5.11. The monoisotopic (exact) mass is 465 g/mol. The first-order valence-corrected chi connectivity index (χ1v) is 10.2. The van der Waals surface area contributed by atoms with E-state index in [9.17, 15) is 26.4 Å². The Morgan fingerprint density at radius 2 is 2.10 bits per heavy atom. The van der Waals surface area contributed by atoms with E-state index in [1.165, 1.54) is 6.07 Å². The summed E-state index contributed by atoms with van der Waals surface area (Å²) in [5, 5.41) is 20.1. The van der Waals surface area contributed by atoms with Crippen molar-refractivity contribution in [3.05, 3.63) is 23.0 Å². The molecule has 1 aliphatic rings. The molecule has 0 spiro atoms. The van der Waals surface area contributed by atoms with Gasteiger partial charge in [-0.05, 0) is 25.8 Å². The van der Waals surface area contributed by atoms with Gasteiger partial charge in [0.25, 0.3) is 5.91 Å².